The van der Waals surface area contributed by atoms with Crippen LogP contribution in [0.15, 0.2) is 29.4 Å². The monoisotopic (exact) mass is 467 g/mol. The molecule has 2 aromatic heterocycles. The molecule has 2 saturated heterocycles. The van der Waals surface area contributed by atoms with Crippen LogP contribution in [0.25, 0.3) is 10.3 Å². The predicted molar refractivity (Wildman–Crippen MR) is 127 cm³/mol. The Hall–Kier alpha value is -3.15. The average Bonchev–Trinajstić information content (AvgIpc) is 3.49. The highest BCUT2D eigenvalue weighted by molar-refractivity contribution is 7.20. The normalized spacial score (nSPS) is 18.8. The Balaban J connectivity index is 1.43. The summed E-state index contributed by atoms with van der Waals surface area (Å²) >= 11 is 1.25. The molecule has 5 rings (SSSR count). The highest BCUT2D eigenvalue weighted by Gasteiger charge is 2.24. The maximum Gasteiger partial charge on any atom is 0.280 e. The lowest BCUT2D eigenvalue weighted by Gasteiger charge is -2.27. The first-order chi connectivity index (χ1) is 16.2. The number of carbonyl (C=O) groups excluding carboxylic acids is 1. The largest absolute Gasteiger partial charge is 0.379 e. The molecule has 1 amide bonds. The lowest BCUT2D eigenvalue weighted by atomic mass is 10.2. The first-order valence-electron chi connectivity index (χ1n) is 10.9. The quantitative estimate of drug-likeness (QED) is 0.419. The second kappa shape index (κ2) is 9.77. The molecule has 1 aromatic carbocycles. The van der Waals surface area contributed by atoms with Gasteiger partial charge in [0.1, 0.15) is 5.52 Å². The number of aromatic nitrogens is 3. The fourth-order valence-electron chi connectivity index (χ4n) is 3.76. The molecule has 10 nitrogen and oxygen atoms in total. The number of rotatable bonds is 6. The number of thiazole rings is 1. The molecule has 0 radical (unpaired) electrons. The zero-order chi connectivity index (χ0) is 22.6. The molecule has 4 heterocycles. The summed E-state index contributed by atoms with van der Waals surface area (Å²) in [7, 11) is 0. The summed E-state index contributed by atoms with van der Waals surface area (Å²) in [6.07, 6.45) is 2.53. The summed E-state index contributed by atoms with van der Waals surface area (Å²) in [5.41, 5.74) is 5.68. The summed E-state index contributed by atoms with van der Waals surface area (Å²) < 4.78 is 10.8. The summed E-state index contributed by atoms with van der Waals surface area (Å²) in [5.74, 6) is 0.817. The highest BCUT2D eigenvalue weighted by Crippen LogP contribution is 2.30. The fourth-order valence-corrected chi connectivity index (χ4v) is 4.60. The Morgan fingerprint density at radius 1 is 1.21 bits per heavy atom. The Morgan fingerprint density at radius 3 is 2.88 bits per heavy atom. The van der Waals surface area contributed by atoms with E-state index in [0.717, 1.165) is 17.5 Å². The van der Waals surface area contributed by atoms with Gasteiger partial charge in [-0.15, -0.1) is 0 Å². The Labute approximate surface area is 195 Å². The molecule has 2 fully saturated rings. The smallest absolute Gasteiger partial charge is 0.280 e. The van der Waals surface area contributed by atoms with Crippen LogP contribution in [-0.2, 0) is 9.47 Å². The molecule has 172 valence electrons. The van der Waals surface area contributed by atoms with Gasteiger partial charge in [-0.2, -0.15) is 15.1 Å². The van der Waals surface area contributed by atoms with E-state index in [9.17, 15) is 4.79 Å². The third-order valence-electron chi connectivity index (χ3n) is 5.43. The maximum absolute atomic E-state index is 12.8. The minimum absolute atomic E-state index is 0.0162. The summed E-state index contributed by atoms with van der Waals surface area (Å²) in [6, 6.07) is 8.05. The van der Waals surface area contributed by atoms with Gasteiger partial charge in [0.15, 0.2) is 15.7 Å². The number of anilines is 2. The summed E-state index contributed by atoms with van der Waals surface area (Å²) in [5, 5.41) is 7.66. The lowest BCUT2D eigenvalue weighted by Crippen LogP contribution is -2.37. The van der Waals surface area contributed by atoms with E-state index < -0.39 is 0 Å². The van der Waals surface area contributed by atoms with Gasteiger partial charge >= 0.3 is 0 Å². The van der Waals surface area contributed by atoms with Crippen LogP contribution in [0.1, 0.15) is 27.3 Å². The molecule has 1 atom stereocenters. The van der Waals surface area contributed by atoms with E-state index in [1.54, 1.807) is 6.21 Å². The number of nitrogens with zero attached hydrogens (tertiary/aromatic N) is 5. The summed E-state index contributed by atoms with van der Waals surface area (Å²) in [4.78, 5) is 29.3. The lowest BCUT2D eigenvalue weighted by molar-refractivity contribution is 0.0929. The van der Waals surface area contributed by atoms with Gasteiger partial charge in [0, 0.05) is 19.7 Å². The summed E-state index contributed by atoms with van der Waals surface area (Å²) in [6.45, 7) is 5.83. The number of carbonyl (C=O) groups is 1. The van der Waals surface area contributed by atoms with E-state index in [2.05, 4.69) is 35.7 Å². The molecule has 2 aliphatic heterocycles. The van der Waals surface area contributed by atoms with Gasteiger partial charge in [0.25, 0.3) is 5.91 Å². The van der Waals surface area contributed by atoms with Gasteiger partial charge in [-0.25, -0.2) is 10.4 Å². The molecular weight excluding hydrogens is 442 g/mol. The van der Waals surface area contributed by atoms with Crippen LogP contribution in [0, 0.1) is 6.92 Å². The van der Waals surface area contributed by atoms with E-state index >= 15 is 0 Å². The molecule has 11 heteroatoms. The van der Waals surface area contributed by atoms with Crippen molar-refractivity contribution in [3.05, 3.63) is 40.4 Å². The molecule has 0 saturated carbocycles. The van der Waals surface area contributed by atoms with Crippen LogP contribution in [0.2, 0.25) is 0 Å². The number of aryl methyl sites for hydroxylation is 1. The van der Waals surface area contributed by atoms with Gasteiger partial charge in [-0.3, -0.25) is 4.79 Å². The molecule has 0 aliphatic carbocycles. The van der Waals surface area contributed by atoms with Crippen molar-refractivity contribution in [2.75, 3.05) is 49.8 Å². The van der Waals surface area contributed by atoms with E-state index in [1.807, 2.05) is 31.2 Å². The Morgan fingerprint density at radius 2 is 2.09 bits per heavy atom. The zero-order valence-corrected chi connectivity index (χ0v) is 19.1. The van der Waals surface area contributed by atoms with Crippen molar-refractivity contribution in [1.82, 2.24) is 20.3 Å². The molecule has 2 aliphatic rings. The van der Waals surface area contributed by atoms with Gasteiger partial charge in [-0.05, 0) is 18.9 Å². The maximum atomic E-state index is 12.8. The number of nitrogens with one attached hydrogen (secondary N) is 2. The van der Waals surface area contributed by atoms with Crippen LogP contribution in [-0.4, -0.2) is 72.6 Å². The minimum atomic E-state index is -0.214. The SMILES string of the molecule is Cc1cccc(/C=N/Nc2nc(N3CCOCC3)c3nc(C(=O)NC4CCOC4)sc3n2)c1. The van der Waals surface area contributed by atoms with Crippen molar-refractivity contribution in [2.24, 2.45) is 5.10 Å². The van der Waals surface area contributed by atoms with Crippen molar-refractivity contribution in [3.63, 3.8) is 0 Å². The predicted octanol–water partition coefficient (Wildman–Crippen LogP) is 2.20. The third kappa shape index (κ3) is 5.10. The zero-order valence-electron chi connectivity index (χ0n) is 18.3. The number of fused-ring (bicyclic) bond motifs is 1. The molecule has 1 unspecified atom stereocenters. The number of benzene rings is 1. The number of amides is 1. The first-order valence-corrected chi connectivity index (χ1v) is 11.7. The molecule has 2 N–H and O–H groups in total. The number of morpholine rings is 1. The van der Waals surface area contributed by atoms with Gasteiger partial charge < -0.3 is 19.7 Å². The second-order valence-electron chi connectivity index (χ2n) is 7.96. The van der Waals surface area contributed by atoms with Gasteiger partial charge in [-0.1, -0.05) is 41.2 Å². The van der Waals surface area contributed by atoms with Crippen LogP contribution in [0.3, 0.4) is 0 Å². The van der Waals surface area contributed by atoms with Crippen LogP contribution < -0.4 is 15.6 Å². The average molecular weight is 468 g/mol. The topological polar surface area (TPSA) is 114 Å². The van der Waals surface area contributed by atoms with E-state index in [0.29, 0.717) is 66.6 Å². The molecule has 3 aromatic rings. The first kappa shape index (κ1) is 21.7. The van der Waals surface area contributed by atoms with Crippen molar-refractivity contribution in [2.45, 2.75) is 19.4 Å². The Bertz CT molecular complexity index is 1170. The second-order valence-corrected chi connectivity index (χ2v) is 8.94. The van der Waals surface area contributed by atoms with Crippen molar-refractivity contribution >= 4 is 45.6 Å². The number of ether oxygens (including phenoxy) is 2. The fraction of sp³-hybridized carbons (Fsp3) is 0.409. The number of hydrazone groups is 1. The van der Waals surface area contributed by atoms with Gasteiger partial charge in [0.05, 0.1) is 32.1 Å². The Kier molecular flexibility index (Phi) is 6.42. The van der Waals surface area contributed by atoms with Crippen LogP contribution in [0.5, 0.6) is 0 Å². The van der Waals surface area contributed by atoms with E-state index in [4.69, 9.17) is 9.47 Å². The molecular formula is C22H25N7O3S. The van der Waals surface area contributed by atoms with Crippen molar-refractivity contribution in [1.29, 1.82) is 0 Å². The number of hydrogen-bond donors (Lipinski definition) is 2. The molecule has 0 bridgehead atoms. The minimum Gasteiger partial charge on any atom is -0.379 e. The van der Waals surface area contributed by atoms with E-state index in [-0.39, 0.29) is 11.9 Å². The van der Waals surface area contributed by atoms with Crippen LogP contribution >= 0.6 is 11.3 Å². The van der Waals surface area contributed by atoms with Gasteiger partial charge in [0.2, 0.25) is 5.95 Å². The molecule has 0 spiro atoms. The van der Waals surface area contributed by atoms with Crippen molar-refractivity contribution in [3.8, 4) is 0 Å². The molecule has 33 heavy (non-hydrogen) atoms. The number of hydrogen-bond acceptors (Lipinski definition) is 10. The highest BCUT2D eigenvalue weighted by atomic mass is 32.1. The van der Waals surface area contributed by atoms with Crippen molar-refractivity contribution < 1.29 is 14.3 Å². The third-order valence-corrected chi connectivity index (χ3v) is 6.38. The van der Waals surface area contributed by atoms with Crippen LogP contribution in [0.4, 0.5) is 11.8 Å². The van der Waals surface area contributed by atoms with E-state index in [1.165, 1.54) is 11.3 Å². The standard InChI is InChI=1S/C22H25N7O3S/c1-14-3-2-4-15(11-14)12-23-28-22-26-18(29-6-9-31-10-7-29)17-20(27-22)33-21(25-17)19(30)24-16-5-8-32-13-16/h2-4,11-12,16H,5-10,13H2,1H3,(H,24,30)(H,26,27,28)/b23-12+.